The van der Waals surface area contributed by atoms with Crippen molar-refractivity contribution in [2.75, 3.05) is 0 Å². The SMILES string of the molecule is [Li][c]1cccc2c1-c1ccccc1-2. The average Bonchev–Trinajstić information content (AvgIpc) is 2.14. The molecule has 56 valence electrons. The van der Waals surface area contributed by atoms with Crippen LogP contribution in [0.5, 0.6) is 0 Å². The van der Waals surface area contributed by atoms with Gasteiger partial charge >= 0.3 is 86.7 Å². The Morgan fingerprint density at radius 2 is 1.38 bits per heavy atom. The third kappa shape index (κ3) is 0.878. The van der Waals surface area contributed by atoms with E-state index in [4.69, 9.17) is 0 Å². The summed E-state index contributed by atoms with van der Waals surface area (Å²) in [4.78, 5) is 0. The number of hydrogen-bond donors (Lipinski definition) is 0. The van der Waals surface area contributed by atoms with Gasteiger partial charge in [-0.25, -0.2) is 0 Å². The first-order valence-corrected chi connectivity index (χ1v) is 4.57. The molecule has 13 heavy (non-hydrogen) atoms. The second-order valence-corrected chi connectivity index (χ2v) is 3.54. The zero-order chi connectivity index (χ0) is 8.84. The van der Waals surface area contributed by atoms with Crippen molar-refractivity contribution in [2.24, 2.45) is 0 Å². The molecular weight excluding hydrogens is 151 g/mol. The summed E-state index contributed by atoms with van der Waals surface area (Å²) >= 11 is 2.18. The minimum atomic E-state index is 1.39. The fourth-order valence-corrected chi connectivity index (χ4v) is 2.12. The Kier molecular flexibility index (Phi) is 1.44. The summed E-state index contributed by atoms with van der Waals surface area (Å²) < 4.78 is 1.39. The summed E-state index contributed by atoms with van der Waals surface area (Å²) in [5.41, 5.74) is 5.67. The molecule has 0 saturated heterocycles. The Labute approximate surface area is 86.8 Å². The molecule has 1 aliphatic carbocycles. The molecule has 0 spiro atoms. The molecule has 1 heteroatoms. The van der Waals surface area contributed by atoms with E-state index in [0.717, 1.165) is 0 Å². The molecule has 2 aromatic carbocycles. The standard InChI is InChI=1S/C12H7.Li/c1-2-6-10-9(5-1)11-7-3-4-8-12(10)11;/h1-7H;. The first-order valence-electron chi connectivity index (χ1n) is 4.57. The van der Waals surface area contributed by atoms with Crippen molar-refractivity contribution in [3.05, 3.63) is 42.5 Å². The second-order valence-electron chi connectivity index (χ2n) is 3.54. The predicted octanol–water partition coefficient (Wildman–Crippen LogP) is 2.13. The van der Waals surface area contributed by atoms with Gasteiger partial charge in [-0.05, 0) is 0 Å². The van der Waals surface area contributed by atoms with Crippen molar-refractivity contribution in [3.63, 3.8) is 0 Å². The normalized spacial score (nSPS) is 11.5. The second kappa shape index (κ2) is 2.51. The van der Waals surface area contributed by atoms with Gasteiger partial charge in [0.15, 0.2) is 0 Å². The minimum absolute atomic E-state index is 1.39. The first kappa shape index (κ1) is 7.44. The molecule has 0 heterocycles. The van der Waals surface area contributed by atoms with Gasteiger partial charge in [-0.1, -0.05) is 0 Å². The van der Waals surface area contributed by atoms with E-state index in [2.05, 4.69) is 60.2 Å². The van der Waals surface area contributed by atoms with Gasteiger partial charge in [0.05, 0.1) is 0 Å². The van der Waals surface area contributed by atoms with Crippen molar-refractivity contribution in [3.8, 4) is 22.3 Å². The van der Waals surface area contributed by atoms with E-state index in [1.165, 1.54) is 26.5 Å². The molecule has 3 rings (SSSR count). The van der Waals surface area contributed by atoms with Crippen LogP contribution in [0.4, 0.5) is 0 Å². The maximum atomic E-state index is 2.20. The summed E-state index contributed by atoms with van der Waals surface area (Å²) in [5, 5.41) is 0. The van der Waals surface area contributed by atoms with Gasteiger partial charge in [-0.3, -0.25) is 0 Å². The van der Waals surface area contributed by atoms with E-state index in [9.17, 15) is 0 Å². The third-order valence-electron chi connectivity index (χ3n) is 2.76. The van der Waals surface area contributed by atoms with Crippen LogP contribution < -0.4 is 4.24 Å². The molecule has 0 radical (unpaired) electrons. The fourth-order valence-electron chi connectivity index (χ4n) is 2.12. The molecule has 0 nitrogen and oxygen atoms in total. The van der Waals surface area contributed by atoms with Crippen LogP contribution in [0.3, 0.4) is 0 Å². The summed E-state index contributed by atoms with van der Waals surface area (Å²) in [6.07, 6.45) is 0. The Bertz CT molecular complexity index is 486. The van der Waals surface area contributed by atoms with Gasteiger partial charge in [-0.2, -0.15) is 0 Å². The topological polar surface area (TPSA) is 0 Å². The van der Waals surface area contributed by atoms with Gasteiger partial charge in [0.25, 0.3) is 0 Å². The molecule has 0 saturated carbocycles. The zero-order valence-corrected chi connectivity index (χ0v) is 7.54. The average molecular weight is 158 g/mol. The van der Waals surface area contributed by atoms with Crippen LogP contribution in [0.15, 0.2) is 42.5 Å². The van der Waals surface area contributed by atoms with Crippen molar-refractivity contribution in [2.45, 2.75) is 0 Å². The van der Waals surface area contributed by atoms with E-state index in [1.54, 1.807) is 0 Å². The Morgan fingerprint density at radius 1 is 0.692 bits per heavy atom. The number of hydrogen-bond acceptors (Lipinski definition) is 0. The van der Waals surface area contributed by atoms with Crippen molar-refractivity contribution in [1.82, 2.24) is 0 Å². The molecule has 0 fully saturated rings. The molecule has 0 unspecified atom stereocenters. The van der Waals surface area contributed by atoms with Gasteiger partial charge in [-0.15, -0.1) is 0 Å². The van der Waals surface area contributed by atoms with E-state index in [0.29, 0.717) is 0 Å². The van der Waals surface area contributed by atoms with Crippen LogP contribution in [-0.2, 0) is 0 Å². The summed E-state index contributed by atoms with van der Waals surface area (Å²) in [6.45, 7) is 0. The van der Waals surface area contributed by atoms with E-state index in [1.807, 2.05) is 0 Å². The predicted molar refractivity (Wildman–Crippen MR) is 56.3 cm³/mol. The quantitative estimate of drug-likeness (QED) is 0.439. The number of rotatable bonds is 0. The van der Waals surface area contributed by atoms with Crippen molar-refractivity contribution in [1.29, 1.82) is 0 Å². The molecule has 0 aromatic heterocycles. The summed E-state index contributed by atoms with van der Waals surface area (Å²) in [5.74, 6) is 0. The van der Waals surface area contributed by atoms with Crippen LogP contribution in [0.2, 0.25) is 0 Å². The molecule has 0 aliphatic heterocycles. The number of benzene rings is 2. The number of fused-ring (bicyclic) bond motifs is 4. The summed E-state index contributed by atoms with van der Waals surface area (Å²) in [7, 11) is 0. The molecule has 2 aromatic rings. The van der Waals surface area contributed by atoms with Crippen LogP contribution in [-0.4, -0.2) is 17.7 Å². The fraction of sp³-hybridized carbons (Fsp3) is 0. The van der Waals surface area contributed by atoms with Gasteiger partial charge in [0.1, 0.15) is 0 Å². The van der Waals surface area contributed by atoms with Gasteiger partial charge in [0, 0.05) is 0 Å². The maximum absolute atomic E-state index is 2.20. The third-order valence-corrected chi connectivity index (χ3v) is 2.76. The molecule has 1 aliphatic rings. The Morgan fingerprint density at radius 3 is 2.23 bits per heavy atom. The Hall–Kier alpha value is -0.963. The van der Waals surface area contributed by atoms with Gasteiger partial charge in [0.2, 0.25) is 0 Å². The Balaban J connectivity index is 2.35. The van der Waals surface area contributed by atoms with Crippen LogP contribution >= 0.6 is 0 Å². The zero-order valence-electron chi connectivity index (χ0n) is 7.54. The first-order chi connectivity index (χ1) is 6.38. The van der Waals surface area contributed by atoms with Crippen LogP contribution in [0, 0.1) is 0 Å². The van der Waals surface area contributed by atoms with Crippen LogP contribution in [0.25, 0.3) is 22.3 Å². The molecule has 0 N–H and O–H groups in total. The molecule has 0 bridgehead atoms. The van der Waals surface area contributed by atoms with E-state index >= 15 is 0 Å². The molecule has 0 amide bonds. The molecular formula is C12H7Li. The van der Waals surface area contributed by atoms with Crippen LogP contribution in [0.1, 0.15) is 0 Å². The summed E-state index contributed by atoms with van der Waals surface area (Å²) in [6, 6.07) is 15.1. The van der Waals surface area contributed by atoms with E-state index < -0.39 is 0 Å². The monoisotopic (exact) mass is 158 g/mol. The van der Waals surface area contributed by atoms with Gasteiger partial charge < -0.3 is 0 Å². The van der Waals surface area contributed by atoms with Crippen molar-refractivity contribution >= 4 is 22.0 Å². The molecule has 0 atom stereocenters. The van der Waals surface area contributed by atoms with Crippen molar-refractivity contribution < 1.29 is 0 Å². The van der Waals surface area contributed by atoms with E-state index in [-0.39, 0.29) is 0 Å².